The van der Waals surface area contributed by atoms with E-state index >= 15 is 0 Å². The molecule has 20 heavy (non-hydrogen) atoms. The normalized spacial score (nSPS) is 12.2. The number of aromatic hydroxyl groups is 1. The third kappa shape index (κ3) is 3.27. The van der Waals surface area contributed by atoms with Crippen molar-refractivity contribution in [3.8, 4) is 11.5 Å². The van der Waals surface area contributed by atoms with Gasteiger partial charge < -0.3 is 15.2 Å². The van der Waals surface area contributed by atoms with Crippen LogP contribution >= 0.6 is 0 Å². The molecule has 0 bridgehead atoms. The molecule has 0 aromatic heterocycles. The molecule has 2 N–H and O–H groups in total. The van der Waals surface area contributed by atoms with Gasteiger partial charge in [0.25, 0.3) is 0 Å². The minimum Gasteiger partial charge on any atom is -0.504 e. The topological polar surface area (TPSA) is 41.5 Å². The fourth-order valence-electron chi connectivity index (χ4n) is 2.03. The van der Waals surface area contributed by atoms with Crippen LogP contribution in [0.3, 0.4) is 0 Å². The van der Waals surface area contributed by atoms with Crippen LogP contribution in [0.15, 0.2) is 42.5 Å². The minimum atomic E-state index is -0.250. The lowest BCUT2D eigenvalue weighted by Crippen LogP contribution is -2.18. The number of ether oxygens (including phenoxy) is 1. The maximum Gasteiger partial charge on any atom is 0.162 e. The number of halogens is 1. The van der Waals surface area contributed by atoms with Crippen molar-refractivity contribution in [1.82, 2.24) is 5.32 Å². The van der Waals surface area contributed by atoms with E-state index in [1.165, 1.54) is 19.2 Å². The molecule has 0 aliphatic rings. The highest BCUT2D eigenvalue weighted by Gasteiger charge is 2.10. The van der Waals surface area contributed by atoms with Crippen molar-refractivity contribution in [3.05, 3.63) is 59.4 Å². The third-order valence-corrected chi connectivity index (χ3v) is 3.25. The van der Waals surface area contributed by atoms with Crippen LogP contribution in [0.2, 0.25) is 0 Å². The molecule has 2 rings (SSSR count). The largest absolute Gasteiger partial charge is 0.504 e. The first-order chi connectivity index (χ1) is 9.61. The van der Waals surface area contributed by atoms with Gasteiger partial charge in [0.05, 0.1) is 7.11 Å². The third-order valence-electron chi connectivity index (χ3n) is 3.25. The summed E-state index contributed by atoms with van der Waals surface area (Å²) in [6.45, 7) is 2.42. The monoisotopic (exact) mass is 275 g/mol. The van der Waals surface area contributed by atoms with Crippen LogP contribution in [0.4, 0.5) is 4.39 Å². The number of methoxy groups -OCH3 is 1. The standard InChI is InChI=1S/C16H18FNO2/c1-11(12-5-3-7-14(17)9-12)18-10-13-6-4-8-15(20-2)16(13)19/h3-9,11,18-19H,10H2,1-2H3/t11-/m0/s1. The van der Waals surface area contributed by atoms with Crippen molar-refractivity contribution in [3.63, 3.8) is 0 Å². The van der Waals surface area contributed by atoms with E-state index in [1.54, 1.807) is 12.1 Å². The zero-order valence-electron chi connectivity index (χ0n) is 11.6. The van der Waals surface area contributed by atoms with E-state index in [4.69, 9.17) is 4.74 Å². The SMILES string of the molecule is COc1cccc(CN[C@@H](C)c2cccc(F)c2)c1O. The molecule has 0 saturated heterocycles. The van der Waals surface area contributed by atoms with Gasteiger partial charge in [-0.05, 0) is 30.7 Å². The maximum absolute atomic E-state index is 13.2. The van der Waals surface area contributed by atoms with Crippen LogP contribution in [0, 0.1) is 5.82 Å². The number of phenolic OH excluding ortho intramolecular Hbond substituents is 1. The van der Waals surface area contributed by atoms with Gasteiger partial charge in [0.1, 0.15) is 5.82 Å². The number of hydrogen-bond donors (Lipinski definition) is 2. The molecule has 4 heteroatoms. The van der Waals surface area contributed by atoms with Crippen LogP contribution in [-0.4, -0.2) is 12.2 Å². The van der Waals surface area contributed by atoms with Crippen LogP contribution < -0.4 is 10.1 Å². The van der Waals surface area contributed by atoms with Crippen LogP contribution in [0.25, 0.3) is 0 Å². The van der Waals surface area contributed by atoms with E-state index < -0.39 is 0 Å². The Morgan fingerprint density at radius 2 is 2.00 bits per heavy atom. The van der Waals surface area contributed by atoms with Crippen molar-refractivity contribution < 1.29 is 14.2 Å². The molecule has 0 amide bonds. The average Bonchev–Trinajstić information content (AvgIpc) is 2.46. The second-order valence-electron chi connectivity index (χ2n) is 4.63. The average molecular weight is 275 g/mol. The zero-order chi connectivity index (χ0) is 14.5. The summed E-state index contributed by atoms with van der Waals surface area (Å²) >= 11 is 0. The van der Waals surface area contributed by atoms with Gasteiger partial charge in [-0.25, -0.2) is 4.39 Å². The molecule has 0 aliphatic heterocycles. The Hall–Kier alpha value is -2.07. The number of phenols is 1. The Kier molecular flexibility index (Phi) is 4.58. The Bertz CT molecular complexity index is 586. The fourth-order valence-corrected chi connectivity index (χ4v) is 2.03. The summed E-state index contributed by atoms with van der Waals surface area (Å²) in [6, 6.07) is 11.8. The van der Waals surface area contributed by atoms with Crippen molar-refractivity contribution >= 4 is 0 Å². The number of benzene rings is 2. The lowest BCUT2D eigenvalue weighted by atomic mass is 10.1. The summed E-state index contributed by atoms with van der Waals surface area (Å²) in [5.74, 6) is 0.331. The molecule has 2 aromatic carbocycles. The molecule has 0 unspecified atom stereocenters. The van der Waals surface area contributed by atoms with Gasteiger partial charge in [-0.2, -0.15) is 0 Å². The van der Waals surface area contributed by atoms with E-state index in [0.29, 0.717) is 12.3 Å². The number of hydrogen-bond acceptors (Lipinski definition) is 3. The lowest BCUT2D eigenvalue weighted by Gasteiger charge is -2.15. The van der Waals surface area contributed by atoms with Crippen LogP contribution in [0.5, 0.6) is 11.5 Å². The first-order valence-electron chi connectivity index (χ1n) is 6.45. The molecule has 0 saturated carbocycles. The van der Waals surface area contributed by atoms with Gasteiger partial charge in [-0.15, -0.1) is 0 Å². The van der Waals surface area contributed by atoms with Crippen LogP contribution in [0.1, 0.15) is 24.1 Å². The van der Waals surface area contributed by atoms with E-state index in [9.17, 15) is 9.50 Å². The lowest BCUT2D eigenvalue weighted by molar-refractivity contribution is 0.369. The van der Waals surface area contributed by atoms with E-state index in [2.05, 4.69) is 5.32 Å². The first-order valence-corrected chi connectivity index (χ1v) is 6.45. The molecule has 0 radical (unpaired) electrons. The van der Waals surface area contributed by atoms with Gasteiger partial charge in [-0.1, -0.05) is 24.3 Å². The molecule has 2 aromatic rings. The van der Waals surface area contributed by atoms with Crippen LogP contribution in [-0.2, 0) is 6.54 Å². The molecule has 0 heterocycles. The molecule has 0 spiro atoms. The minimum absolute atomic E-state index is 0.0173. The van der Waals surface area contributed by atoms with Crippen molar-refractivity contribution in [2.24, 2.45) is 0 Å². The highest BCUT2D eigenvalue weighted by atomic mass is 19.1. The highest BCUT2D eigenvalue weighted by molar-refractivity contribution is 5.45. The fraction of sp³-hybridized carbons (Fsp3) is 0.250. The predicted octanol–water partition coefficient (Wildman–Crippen LogP) is 3.39. The van der Waals surface area contributed by atoms with E-state index in [0.717, 1.165) is 11.1 Å². The molecule has 0 aliphatic carbocycles. The Morgan fingerprint density at radius 1 is 1.25 bits per heavy atom. The summed E-state index contributed by atoms with van der Waals surface area (Å²) in [5.41, 5.74) is 1.61. The maximum atomic E-state index is 13.2. The van der Waals surface area contributed by atoms with E-state index in [1.807, 2.05) is 25.1 Å². The molecular weight excluding hydrogens is 257 g/mol. The Labute approximate surface area is 118 Å². The van der Waals surface area contributed by atoms with Gasteiger partial charge in [-0.3, -0.25) is 0 Å². The zero-order valence-corrected chi connectivity index (χ0v) is 11.6. The highest BCUT2D eigenvalue weighted by Crippen LogP contribution is 2.29. The number of rotatable bonds is 5. The molecule has 0 fully saturated rings. The van der Waals surface area contributed by atoms with Crippen molar-refractivity contribution in [2.45, 2.75) is 19.5 Å². The second-order valence-corrected chi connectivity index (χ2v) is 4.63. The smallest absolute Gasteiger partial charge is 0.162 e. The van der Waals surface area contributed by atoms with E-state index in [-0.39, 0.29) is 17.6 Å². The molecule has 106 valence electrons. The van der Waals surface area contributed by atoms with Crippen molar-refractivity contribution in [1.29, 1.82) is 0 Å². The first kappa shape index (κ1) is 14.3. The van der Waals surface area contributed by atoms with Gasteiger partial charge >= 0.3 is 0 Å². The summed E-state index contributed by atoms with van der Waals surface area (Å²) < 4.78 is 18.2. The Balaban J connectivity index is 2.05. The summed E-state index contributed by atoms with van der Waals surface area (Å²) in [7, 11) is 1.52. The predicted molar refractivity (Wildman–Crippen MR) is 76.3 cm³/mol. The molecule has 3 nitrogen and oxygen atoms in total. The van der Waals surface area contributed by atoms with Crippen molar-refractivity contribution in [2.75, 3.05) is 7.11 Å². The van der Waals surface area contributed by atoms with Gasteiger partial charge in [0.2, 0.25) is 0 Å². The summed E-state index contributed by atoms with van der Waals surface area (Å²) in [5, 5.41) is 13.2. The number of para-hydroxylation sites is 1. The molecular formula is C16H18FNO2. The van der Waals surface area contributed by atoms with Gasteiger partial charge in [0, 0.05) is 18.2 Å². The Morgan fingerprint density at radius 3 is 2.70 bits per heavy atom. The summed E-state index contributed by atoms with van der Waals surface area (Å²) in [4.78, 5) is 0. The van der Waals surface area contributed by atoms with Gasteiger partial charge in [0.15, 0.2) is 11.5 Å². The number of nitrogens with one attached hydrogen (secondary N) is 1. The quantitative estimate of drug-likeness (QED) is 0.879. The second kappa shape index (κ2) is 6.39. The summed E-state index contributed by atoms with van der Waals surface area (Å²) in [6.07, 6.45) is 0. The molecule has 1 atom stereocenters.